The van der Waals surface area contributed by atoms with E-state index in [0.29, 0.717) is 24.6 Å². The van der Waals surface area contributed by atoms with Crippen molar-refractivity contribution in [2.75, 3.05) is 27.3 Å². The monoisotopic (exact) mass is 336 g/mol. The van der Waals surface area contributed by atoms with E-state index in [1.165, 1.54) is 30.7 Å². The molecule has 0 radical (unpaired) electrons. The Balaban J connectivity index is 0.00000220. The van der Waals surface area contributed by atoms with Crippen LogP contribution < -0.4 is 15.2 Å². The van der Waals surface area contributed by atoms with E-state index in [2.05, 4.69) is 0 Å². The summed E-state index contributed by atoms with van der Waals surface area (Å²) in [5.41, 5.74) is 5.86. The van der Waals surface area contributed by atoms with E-state index >= 15 is 0 Å². The predicted molar refractivity (Wildman–Crippen MR) is 82.8 cm³/mol. The highest BCUT2D eigenvalue weighted by molar-refractivity contribution is 7.89. The van der Waals surface area contributed by atoms with E-state index in [4.69, 9.17) is 15.2 Å². The van der Waals surface area contributed by atoms with Gasteiger partial charge in [-0.15, -0.1) is 12.4 Å². The smallest absolute Gasteiger partial charge is 0.243 e. The number of halogens is 1. The predicted octanol–water partition coefficient (Wildman–Crippen LogP) is 1.24. The SMILES string of the molecule is COc1cc(OC)cc(S(=O)(=O)N2CCCC(N)C2)c1.Cl. The van der Waals surface area contributed by atoms with Crippen molar-refractivity contribution in [2.24, 2.45) is 5.73 Å². The van der Waals surface area contributed by atoms with E-state index < -0.39 is 10.0 Å². The molecule has 1 aromatic rings. The molecule has 2 N–H and O–H groups in total. The number of piperidine rings is 1. The highest BCUT2D eigenvalue weighted by Gasteiger charge is 2.29. The average Bonchev–Trinajstić information content (AvgIpc) is 2.46. The maximum atomic E-state index is 12.6. The van der Waals surface area contributed by atoms with Gasteiger partial charge in [-0.25, -0.2) is 8.42 Å². The number of ether oxygens (including phenoxy) is 2. The molecule has 0 aromatic heterocycles. The van der Waals surface area contributed by atoms with Crippen LogP contribution >= 0.6 is 12.4 Å². The number of methoxy groups -OCH3 is 2. The van der Waals surface area contributed by atoms with Crippen LogP contribution in [0.3, 0.4) is 0 Å². The number of nitrogens with two attached hydrogens (primary N) is 1. The van der Waals surface area contributed by atoms with Crippen molar-refractivity contribution in [3.63, 3.8) is 0 Å². The summed E-state index contributed by atoms with van der Waals surface area (Å²) >= 11 is 0. The summed E-state index contributed by atoms with van der Waals surface area (Å²) in [7, 11) is -0.591. The van der Waals surface area contributed by atoms with E-state index in [1.807, 2.05) is 0 Å². The topological polar surface area (TPSA) is 81.9 Å². The van der Waals surface area contributed by atoms with Crippen LogP contribution in [0.1, 0.15) is 12.8 Å². The van der Waals surface area contributed by atoms with E-state index in [1.54, 1.807) is 6.07 Å². The second-order valence-electron chi connectivity index (χ2n) is 4.81. The molecule has 1 saturated heterocycles. The van der Waals surface area contributed by atoms with Gasteiger partial charge in [0.2, 0.25) is 10.0 Å². The fourth-order valence-corrected chi connectivity index (χ4v) is 3.86. The second kappa shape index (κ2) is 7.31. The lowest BCUT2D eigenvalue weighted by molar-refractivity contribution is 0.315. The molecule has 6 nitrogen and oxygen atoms in total. The van der Waals surface area contributed by atoms with Crippen LogP contribution in [0.2, 0.25) is 0 Å². The maximum Gasteiger partial charge on any atom is 0.243 e. The molecule has 21 heavy (non-hydrogen) atoms. The minimum atomic E-state index is -3.57. The Labute approximate surface area is 131 Å². The van der Waals surface area contributed by atoms with Gasteiger partial charge in [-0.05, 0) is 12.8 Å². The summed E-state index contributed by atoms with van der Waals surface area (Å²) in [6.45, 7) is 0.845. The van der Waals surface area contributed by atoms with Crippen molar-refractivity contribution < 1.29 is 17.9 Å². The van der Waals surface area contributed by atoms with Crippen LogP contribution in [0.25, 0.3) is 0 Å². The molecule has 1 fully saturated rings. The summed E-state index contributed by atoms with van der Waals surface area (Å²) in [4.78, 5) is 0.169. The molecule has 0 amide bonds. The average molecular weight is 337 g/mol. The van der Waals surface area contributed by atoms with Crippen molar-refractivity contribution in [1.82, 2.24) is 4.31 Å². The van der Waals surface area contributed by atoms with Gasteiger partial charge in [0, 0.05) is 37.3 Å². The fourth-order valence-electron chi connectivity index (χ4n) is 2.27. The Morgan fingerprint density at radius 2 is 1.76 bits per heavy atom. The van der Waals surface area contributed by atoms with Gasteiger partial charge in [0.1, 0.15) is 11.5 Å². The minimum absolute atomic E-state index is 0. The van der Waals surface area contributed by atoms with Crippen molar-refractivity contribution in [3.8, 4) is 11.5 Å². The lowest BCUT2D eigenvalue weighted by Crippen LogP contribution is -2.45. The van der Waals surface area contributed by atoms with Gasteiger partial charge in [-0.3, -0.25) is 0 Å². The summed E-state index contributed by atoms with van der Waals surface area (Å²) < 4.78 is 36.9. The van der Waals surface area contributed by atoms with Gasteiger partial charge in [0.25, 0.3) is 0 Å². The third-order valence-corrected chi connectivity index (χ3v) is 5.23. The first-order valence-electron chi connectivity index (χ1n) is 6.46. The first-order chi connectivity index (χ1) is 9.47. The highest BCUT2D eigenvalue weighted by atomic mass is 35.5. The Morgan fingerprint density at radius 1 is 1.19 bits per heavy atom. The van der Waals surface area contributed by atoms with Crippen molar-refractivity contribution in [2.45, 2.75) is 23.8 Å². The number of benzene rings is 1. The number of hydrogen-bond acceptors (Lipinski definition) is 5. The normalized spacial score (nSPS) is 19.7. The second-order valence-corrected chi connectivity index (χ2v) is 6.75. The van der Waals surface area contributed by atoms with Gasteiger partial charge in [0.05, 0.1) is 19.1 Å². The number of nitrogens with zero attached hydrogens (tertiary/aromatic N) is 1. The largest absolute Gasteiger partial charge is 0.497 e. The van der Waals surface area contributed by atoms with Gasteiger partial charge in [0.15, 0.2) is 0 Å². The highest BCUT2D eigenvalue weighted by Crippen LogP contribution is 2.28. The Bertz CT molecular complexity index is 557. The number of sulfonamides is 1. The molecule has 1 aromatic carbocycles. The van der Waals surface area contributed by atoms with E-state index in [-0.39, 0.29) is 23.3 Å². The minimum Gasteiger partial charge on any atom is -0.497 e. The van der Waals surface area contributed by atoms with Crippen LogP contribution in [0.5, 0.6) is 11.5 Å². The summed E-state index contributed by atoms with van der Waals surface area (Å²) in [5, 5.41) is 0. The van der Waals surface area contributed by atoms with Gasteiger partial charge in [-0.2, -0.15) is 4.31 Å². The molecule has 8 heteroatoms. The van der Waals surface area contributed by atoms with E-state index in [9.17, 15) is 8.42 Å². The molecule has 1 aliphatic rings. The molecular weight excluding hydrogens is 316 g/mol. The molecule has 0 spiro atoms. The molecule has 0 saturated carbocycles. The standard InChI is InChI=1S/C13H20N2O4S.ClH/c1-18-11-6-12(19-2)8-13(7-11)20(16,17)15-5-3-4-10(14)9-15;/h6-8,10H,3-5,9,14H2,1-2H3;1H. The zero-order valence-electron chi connectivity index (χ0n) is 12.1. The maximum absolute atomic E-state index is 12.6. The summed E-state index contributed by atoms with van der Waals surface area (Å²) in [6.07, 6.45) is 1.63. The molecular formula is C13H21ClN2O4S. The zero-order valence-corrected chi connectivity index (χ0v) is 13.7. The molecule has 120 valence electrons. The lowest BCUT2D eigenvalue weighted by atomic mass is 10.1. The first-order valence-corrected chi connectivity index (χ1v) is 7.90. The van der Waals surface area contributed by atoms with Gasteiger partial charge < -0.3 is 15.2 Å². The molecule has 0 bridgehead atoms. The first kappa shape index (κ1) is 18.0. The van der Waals surface area contributed by atoms with Crippen LogP contribution in [0.4, 0.5) is 0 Å². The van der Waals surface area contributed by atoms with Gasteiger partial charge in [-0.1, -0.05) is 0 Å². The van der Waals surface area contributed by atoms with Crippen LogP contribution in [0.15, 0.2) is 23.1 Å². The molecule has 1 aliphatic heterocycles. The molecule has 1 heterocycles. The molecule has 1 atom stereocenters. The van der Waals surface area contributed by atoms with Crippen molar-refractivity contribution >= 4 is 22.4 Å². The third kappa shape index (κ3) is 4.00. The Kier molecular flexibility index (Phi) is 6.27. The fraction of sp³-hybridized carbons (Fsp3) is 0.538. The third-order valence-electron chi connectivity index (χ3n) is 3.38. The van der Waals surface area contributed by atoms with Crippen LogP contribution in [-0.2, 0) is 10.0 Å². The Morgan fingerprint density at radius 3 is 2.24 bits per heavy atom. The Hall–Kier alpha value is -1.02. The summed E-state index contributed by atoms with van der Waals surface area (Å²) in [6, 6.07) is 4.53. The van der Waals surface area contributed by atoms with Crippen LogP contribution in [-0.4, -0.2) is 46.1 Å². The number of rotatable bonds is 4. The number of hydrogen-bond donors (Lipinski definition) is 1. The molecule has 1 unspecified atom stereocenters. The van der Waals surface area contributed by atoms with E-state index in [0.717, 1.165) is 12.8 Å². The molecule has 0 aliphatic carbocycles. The zero-order chi connectivity index (χ0) is 14.8. The van der Waals surface area contributed by atoms with Crippen molar-refractivity contribution in [1.29, 1.82) is 0 Å². The lowest BCUT2D eigenvalue weighted by Gasteiger charge is -2.30. The van der Waals surface area contributed by atoms with Crippen LogP contribution in [0, 0.1) is 0 Å². The van der Waals surface area contributed by atoms with Crippen molar-refractivity contribution in [3.05, 3.63) is 18.2 Å². The quantitative estimate of drug-likeness (QED) is 0.894. The molecule has 2 rings (SSSR count). The van der Waals surface area contributed by atoms with Gasteiger partial charge >= 0.3 is 0 Å². The summed E-state index contributed by atoms with van der Waals surface area (Å²) in [5.74, 6) is 0.897.